The van der Waals surface area contributed by atoms with Gasteiger partial charge in [0.2, 0.25) is 17.7 Å². The van der Waals surface area contributed by atoms with Crippen molar-refractivity contribution in [1.82, 2.24) is 26.2 Å². The monoisotopic (exact) mass is 529 g/mol. The zero-order valence-corrected chi connectivity index (χ0v) is 22.7. The molecule has 3 rings (SSSR count). The molecular weight excluding hydrogens is 486 g/mol. The Hall–Kier alpha value is -3.14. The van der Waals surface area contributed by atoms with Crippen LogP contribution in [-0.4, -0.2) is 79.9 Å². The van der Waals surface area contributed by atoms with E-state index in [2.05, 4.69) is 26.2 Å². The van der Waals surface area contributed by atoms with Crippen LogP contribution < -0.4 is 26.0 Å². The summed E-state index contributed by atoms with van der Waals surface area (Å²) in [6.45, 7) is 7.67. The van der Waals surface area contributed by atoms with Crippen molar-refractivity contribution < 1.29 is 23.9 Å². The summed E-state index contributed by atoms with van der Waals surface area (Å²) in [4.78, 5) is 54.2. The first kappa shape index (κ1) is 29.4. The fraction of sp³-hybridized carbons (Fsp3) is 0.643. The number of ether oxygens (including phenoxy) is 1. The molecule has 4 amide bonds. The van der Waals surface area contributed by atoms with Gasteiger partial charge in [0.15, 0.2) is 0 Å². The second-order valence-corrected chi connectivity index (χ2v) is 10.4. The lowest BCUT2D eigenvalue weighted by Crippen LogP contribution is -2.51. The van der Waals surface area contributed by atoms with Crippen molar-refractivity contribution in [2.45, 2.75) is 70.9 Å². The van der Waals surface area contributed by atoms with Gasteiger partial charge < -0.3 is 30.9 Å². The summed E-state index contributed by atoms with van der Waals surface area (Å²) in [5.41, 5.74) is 0.315. The van der Waals surface area contributed by atoms with Crippen molar-refractivity contribution in [3.05, 3.63) is 29.8 Å². The Kier molecular flexibility index (Phi) is 11.9. The quantitative estimate of drug-likeness (QED) is 0.459. The van der Waals surface area contributed by atoms with Gasteiger partial charge in [-0.3, -0.25) is 19.2 Å². The lowest BCUT2D eigenvalue weighted by Gasteiger charge is -2.24. The molecular formula is C28H43N5O5. The zero-order chi connectivity index (χ0) is 27.3. The van der Waals surface area contributed by atoms with Crippen molar-refractivity contribution in [1.29, 1.82) is 0 Å². The summed E-state index contributed by atoms with van der Waals surface area (Å²) < 4.78 is 5.84. The van der Waals surface area contributed by atoms with Crippen LogP contribution in [0.15, 0.2) is 24.3 Å². The van der Waals surface area contributed by atoms with Gasteiger partial charge in [-0.05, 0) is 56.8 Å². The summed E-state index contributed by atoms with van der Waals surface area (Å²) in [6.07, 6.45) is 5.43. The number of fused-ring (bicyclic) bond motifs is 1. The van der Waals surface area contributed by atoms with Crippen LogP contribution in [0.3, 0.4) is 0 Å². The molecule has 4 N–H and O–H groups in total. The zero-order valence-electron chi connectivity index (χ0n) is 22.7. The van der Waals surface area contributed by atoms with E-state index < -0.39 is 18.0 Å². The van der Waals surface area contributed by atoms with Gasteiger partial charge >= 0.3 is 0 Å². The van der Waals surface area contributed by atoms with Gasteiger partial charge in [-0.1, -0.05) is 38.8 Å². The predicted molar refractivity (Wildman–Crippen MR) is 145 cm³/mol. The molecule has 38 heavy (non-hydrogen) atoms. The standard InChI is InChI=1S/C28H43N5O5/c1-20(2)25-28(37)29-14-9-19-38-23-11-6-5-10-21(23)26(35)31-22(12-13-24(34)32-25)27(36)30-15-18-33-16-7-3-4-8-17-33/h5-6,10-11,20,22,25H,3-4,7-9,12-19H2,1-2H3,(H,29,37)(H,30,36)(H,31,35)(H,32,34)/t22-,25+/m0/s1. The molecule has 0 spiro atoms. The summed E-state index contributed by atoms with van der Waals surface area (Å²) in [5.74, 6) is -1.07. The van der Waals surface area contributed by atoms with Gasteiger partial charge in [0.1, 0.15) is 17.8 Å². The topological polar surface area (TPSA) is 129 Å². The van der Waals surface area contributed by atoms with Gasteiger partial charge in [-0.15, -0.1) is 0 Å². The Labute approximate surface area is 225 Å². The molecule has 210 valence electrons. The van der Waals surface area contributed by atoms with Crippen LogP contribution in [0.4, 0.5) is 0 Å². The highest BCUT2D eigenvalue weighted by molar-refractivity contribution is 5.99. The van der Waals surface area contributed by atoms with E-state index in [1.54, 1.807) is 24.3 Å². The molecule has 0 saturated carbocycles. The molecule has 1 aromatic carbocycles. The number of carbonyl (C=O) groups excluding carboxylic acids is 4. The van der Waals surface area contributed by atoms with Crippen LogP contribution in [0.2, 0.25) is 0 Å². The molecule has 0 aliphatic carbocycles. The van der Waals surface area contributed by atoms with Crippen molar-refractivity contribution in [3.63, 3.8) is 0 Å². The van der Waals surface area contributed by atoms with E-state index in [1.165, 1.54) is 25.7 Å². The summed E-state index contributed by atoms with van der Waals surface area (Å²) in [7, 11) is 0. The highest BCUT2D eigenvalue weighted by atomic mass is 16.5. The number of para-hydroxylation sites is 1. The number of hydrogen-bond donors (Lipinski definition) is 4. The molecule has 0 unspecified atom stereocenters. The normalized spacial score (nSPS) is 22.8. The Bertz CT molecular complexity index is 945. The van der Waals surface area contributed by atoms with Crippen molar-refractivity contribution in [2.24, 2.45) is 5.92 Å². The van der Waals surface area contributed by atoms with Crippen molar-refractivity contribution in [2.75, 3.05) is 39.3 Å². The first-order valence-corrected chi connectivity index (χ1v) is 13.9. The highest BCUT2D eigenvalue weighted by Gasteiger charge is 2.27. The second-order valence-electron chi connectivity index (χ2n) is 10.4. The predicted octanol–water partition coefficient (Wildman–Crippen LogP) is 1.60. The minimum atomic E-state index is -0.912. The van der Waals surface area contributed by atoms with Gasteiger partial charge in [0, 0.05) is 26.1 Å². The molecule has 2 heterocycles. The third-order valence-corrected chi connectivity index (χ3v) is 6.98. The van der Waals surface area contributed by atoms with E-state index in [0.717, 1.165) is 19.6 Å². The molecule has 1 saturated heterocycles. The Morgan fingerprint density at radius 3 is 2.53 bits per heavy atom. The van der Waals surface area contributed by atoms with E-state index >= 15 is 0 Å². The van der Waals surface area contributed by atoms with Gasteiger partial charge in [-0.2, -0.15) is 0 Å². The van der Waals surface area contributed by atoms with Crippen LogP contribution in [0, 0.1) is 5.92 Å². The van der Waals surface area contributed by atoms with Crippen LogP contribution in [0.1, 0.15) is 69.2 Å². The van der Waals surface area contributed by atoms with E-state index in [4.69, 9.17) is 4.74 Å². The number of hydrogen-bond acceptors (Lipinski definition) is 6. The summed E-state index contributed by atoms with van der Waals surface area (Å²) >= 11 is 0. The van der Waals surface area contributed by atoms with Gasteiger partial charge in [0.25, 0.3) is 5.91 Å². The fourth-order valence-electron chi connectivity index (χ4n) is 4.74. The number of benzene rings is 1. The number of nitrogens with one attached hydrogen (secondary N) is 4. The van der Waals surface area contributed by atoms with Gasteiger partial charge in [-0.25, -0.2) is 0 Å². The molecule has 10 heteroatoms. The molecule has 1 aromatic rings. The molecule has 10 nitrogen and oxygen atoms in total. The average molecular weight is 530 g/mol. The van der Waals surface area contributed by atoms with Crippen LogP contribution in [-0.2, 0) is 14.4 Å². The van der Waals surface area contributed by atoms with Crippen molar-refractivity contribution >= 4 is 23.6 Å². The number of rotatable bonds is 5. The lowest BCUT2D eigenvalue weighted by atomic mass is 10.0. The number of nitrogens with zero attached hydrogens (tertiary/aromatic N) is 1. The number of amides is 4. The van der Waals surface area contributed by atoms with Crippen LogP contribution >= 0.6 is 0 Å². The number of carbonyl (C=O) groups is 4. The van der Waals surface area contributed by atoms with Crippen LogP contribution in [0.5, 0.6) is 5.75 Å². The Morgan fingerprint density at radius 1 is 1.05 bits per heavy atom. The summed E-state index contributed by atoms with van der Waals surface area (Å²) in [6, 6.07) is 5.25. The Morgan fingerprint density at radius 2 is 1.79 bits per heavy atom. The van der Waals surface area contributed by atoms with Crippen molar-refractivity contribution in [3.8, 4) is 5.75 Å². The average Bonchev–Trinajstić information content (AvgIpc) is 3.17. The van der Waals surface area contributed by atoms with Crippen LogP contribution in [0.25, 0.3) is 0 Å². The van der Waals surface area contributed by atoms with E-state index in [-0.39, 0.29) is 36.5 Å². The Balaban J connectivity index is 1.72. The minimum absolute atomic E-state index is 0.0147. The maximum atomic E-state index is 13.2. The number of likely N-dealkylation sites (tertiary alicyclic amines) is 1. The first-order valence-electron chi connectivity index (χ1n) is 13.9. The minimum Gasteiger partial charge on any atom is -0.493 e. The smallest absolute Gasteiger partial charge is 0.255 e. The SMILES string of the molecule is CC(C)[C@H]1NC(=O)CC[C@@H](C(=O)NCCN2CCCCCC2)NC(=O)c2ccccc2OCCCNC1=O. The highest BCUT2D eigenvalue weighted by Crippen LogP contribution is 2.19. The molecule has 2 atom stereocenters. The van der Waals surface area contributed by atoms with E-state index in [9.17, 15) is 19.2 Å². The fourth-order valence-corrected chi connectivity index (χ4v) is 4.74. The van der Waals surface area contributed by atoms with E-state index in [0.29, 0.717) is 37.4 Å². The molecule has 0 bridgehead atoms. The maximum absolute atomic E-state index is 13.2. The third-order valence-electron chi connectivity index (χ3n) is 6.98. The third kappa shape index (κ3) is 9.31. The molecule has 2 aliphatic heterocycles. The maximum Gasteiger partial charge on any atom is 0.255 e. The first-order chi connectivity index (χ1) is 18.3. The van der Waals surface area contributed by atoms with Gasteiger partial charge in [0.05, 0.1) is 12.2 Å². The molecule has 1 fully saturated rings. The molecule has 0 radical (unpaired) electrons. The summed E-state index contributed by atoms with van der Waals surface area (Å²) in [5, 5.41) is 11.4. The molecule has 0 aromatic heterocycles. The lowest BCUT2D eigenvalue weighted by molar-refractivity contribution is -0.130. The second kappa shape index (κ2) is 15.3. The van der Waals surface area contributed by atoms with E-state index in [1.807, 2.05) is 13.8 Å². The largest absolute Gasteiger partial charge is 0.493 e. The molecule has 2 aliphatic rings.